The average molecular weight is 240 g/mol. The van der Waals surface area contributed by atoms with Gasteiger partial charge in [0.1, 0.15) is 0 Å². The minimum absolute atomic E-state index is 0.270. The summed E-state index contributed by atoms with van der Waals surface area (Å²) in [5.74, 6) is 0.635. The van der Waals surface area contributed by atoms with Crippen molar-refractivity contribution in [3.05, 3.63) is 21.9 Å². The summed E-state index contributed by atoms with van der Waals surface area (Å²) in [6.07, 6.45) is 3.89. The van der Waals surface area contributed by atoms with Gasteiger partial charge in [-0.15, -0.1) is 11.3 Å². The van der Waals surface area contributed by atoms with Crippen molar-refractivity contribution >= 4 is 11.3 Å². The highest BCUT2D eigenvalue weighted by Crippen LogP contribution is 2.31. The van der Waals surface area contributed by atoms with Crippen LogP contribution in [-0.4, -0.2) is 18.3 Å². The van der Waals surface area contributed by atoms with Crippen LogP contribution in [0.5, 0.6) is 0 Å². The number of thiophene rings is 1. The summed E-state index contributed by atoms with van der Waals surface area (Å²) in [4.78, 5) is 2.49. The number of ether oxygens (including phenoxy) is 1. The Bertz CT molecular complexity index is 315. The van der Waals surface area contributed by atoms with Gasteiger partial charge in [-0.1, -0.05) is 6.92 Å². The molecule has 0 bridgehead atoms. The van der Waals surface area contributed by atoms with Crippen LogP contribution in [0.3, 0.4) is 0 Å². The van der Waals surface area contributed by atoms with Gasteiger partial charge in [-0.2, -0.15) is 0 Å². The normalized spacial score (nSPS) is 19.9. The molecule has 0 radical (unpaired) electrons. The molecule has 1 aliphatic rings. The van der Waals surface area contributed by atoms with Crippen LogP contribution in [0.15, 0.2) is 12.1 Å². The Labute approximate surface area is 101 Å². The largest absolute Gasteiger partial charge is 0.388 e. The van der Waals surface area contributed by atoms with E-state index in [0.29, 0.717) is 5.92 Å². The molecule has 1 saturated heterocycles. The van der Waals surface area contributed by atoms with E-state index in [2.05, 4.69) is 19.1 Å². The molecule has 1 aliphatic heterocycles. The molecular formula is C13H20O2S. The van der Waals surface area contributed by atoms with E-state index in [4.69, 9.17) is 4.74 Å². The maximum atomic E-state index is 10.2. The maximum Gasteiger partial charge on any atom is 0.0884 e. The number of rotatable bonds is 4. The summed E-state index contributed by atoms with van der Waals surface area (Å²) in [6, 6.07) is 4.21. The number of aryl methyl sites for hydroxylation is 1. The lowest BCUT2D eigenvalue weighted by molar-refractivity contribution is 0.0442. The van der Waals surface area contributed by atoms with Crippen molar-refractivity contribution in [1.29, 1.82) is 0 Å². The Hall–Kier alpha value is -0.380. The highest BCUT2D eigenvalue weighted by Gasteiger charge is 2.19. The lowest BCUT2D eigenvalue weighted by Crippen LogP contribution is -2.17. The fraction of sp³-hybridized carbons (Fsp3) is 0.692. The second-order valence-electron chi connectivity index (χ2n) is 4.46. The molecule has 1 aromatic heterocycles. The molecule has 1 fully saturated rings. The van der Waals surface area contributed by atoms with Crippen LogP contribution < -0.4 is 0 Å². The van der Waals surface area contributed by atoms with Gasteiger partial charge in [0.05, 0.1) is 6.10 Å². The van der Waals surface area contributed by atoms with Gasteiger partial charge in [0.15, 0.2) is 0 Å². The first-order chi connectivity index (χ1) is 7.79. The molecule has 1 unspecified atom stereocenters. The quantitative estimate of drug-likeness (QED) is 0.876. The van der Waals surface area contributed by atoms with E-state index in [1.807, 2.05) is 0 Å². The van der Waals surface area contributed by atoms with E-state index in [9.17, 15) is 5.11 Å². The summed E-state index contributed by atoms with van der Waals surface area (Å²) in [5.41, 5.74) is 0. The Morgan fingerprint density at radius 2 is 2.19 bits per heavy atom. The Morgan fingerprint density at radius 1 is 1.44 bits per heavy atom. The summed E-state index contributed by atoms with van der Waals surface area (Å²) in [7, 11) is 0. The smallest absolute Gasteiger partial charge is 0.0884 e. The molecule has 0 aliphatic carbocycles. The number of aliphatic hydroxyl groups is 1. The van der Waals surface area contributed by atoms with Gasteiger partial charge < -0.3 is 9.84 Å². The molecular weight excluding hydrogens is 220 g/mol. The van der Waals surface area contributed by atoms with Crippen molar-refractivity contribution in [1.82, 2.24) is 0 Å². The molecule has 0 amide bonds. The van der Waals surface area contributed by atoms with Crippen LogP contribution in [0.25, 0.3) is 0 Å². The minimum atomic E-state index is -0.270. The van der Waals surface area contributed by atoms with Crippen molar-refractivity contribution in [2.24, 2.45) is 5.92 Å². The zero-order chi connectivity index (χ0) is 11.4. The molecule has 1 atom stereocenters. The SMILES string of the molecule is CCc1ccc(C(O)CC2CCOCC2)s1. The lowest BCUT2D eigenvalue weighted by atomic mass is 9.93. The van der Waals surface area contributed by atoms with Crippen LogP contribution in [0, 0.1) is 5.92 Å². The second-order valence-corrected chi connectivity index (χ2v) is 5.66. The van der Waals surface area contributed by atoms with E-state index in [-0.39, 0.29) is 6.10 Å². The fourth-order valence-electron chi connectivity index (χ4n) is 2.18. The number of hydrogen-bond acceptors (Lipinski definition) is 3. The zero-order valence-electron chi connectivity index (χ0n) is 9.82. The molecule has 0 spiro atoms. The van der Waals surface area contributed by atoms with Crippen molar-refractivity contribution in [3.63, 3.8) is 0 Å². The molecule has 1 N–H and O–H groups in total. The summed E-state index contributed by atoms with van der Waals surface area (Å²) in [5, 5.41) is 10.2. The molecule has 2 heterocycles. The van der Waals surface area contributed by atoms with Crippen molar-refractivity contribution < 1.29 is 9.84 Å². The minimum Gasteiger partial charge on any atom is -0.388 e. The van der Waals surface area contributed by atoms with E-state index in [0.717, 1.165) is 43.8 Å². The highest BCUT2D eigenvalue weighted by atomic mass is 32.1. The molecule has 0 saturated carbocycles. The number of aliphatic hydroxyl groups excluding tert-OH is 1. The predicted molar refractivity (Wildman–Crippen MR) is 66.8 cm³/mol. The van der Waals surface area contributed by atoms with Crippen molar-refractivity contribution in [3.8, 4) is 0 Å². The van der Waals surface area contributed by atoms with Crippen LogP contribution in [-0.2, 0) is 11.2 Å². The first-order valence-corrected chi connectivity index (χ1v) is 6.95. The third kappa shape index (κ3) is 3.06. The highest BCUT2D eigenvalue weighted by molar-refractivity contribution is 7.12. The molecule has 2 nitrogen and oxygen atoms in total. The third-order valence-corrected chi connectivity index (χ3v) is 4.59. The van der Waals surface area contributed by atoms with E-state index in [1.165, 1.54) is 4.88 Å². The molecule has 2 rings (SSSR count). The standard InChI is InChI=1S/C13H20O2S/c1-2-11-3-4-13(16-11)12(14)9-10-5-7-15-8-6-10/h3-4,10,12,14H,2,5-9H2,1H3. The molecule has 0 aromatic carbocycles. The van der Waals surface area contributed by atoms with Crippen molar-refractivity contribution in [2.45, 2.75) is 38.7 Å². The summed E-state index contributed by atoms with van der Waals surface area (Å²) in [6.45, 7) is 3.88. The van der Waals surface area contributed by atoms with Gasteiger partial charge in [-0.05, 0) is 43.7 Å². The third-order valence-electron chi connectivity index (χ3n) is 3.26. The van der Waals surface area contributed by atoms with Gasteiger partial charge >= 0.3 is 0 Å². The van der Waals surface area contributed by atoms with Gasteiger partial charge in [0.25, 0.3) is 0 Å². The lowest BCUT2D eigenvalue weighted by Gasteiger charge is -2.23. The monoisotopic (exact) mass is 240 g/mol. The Kier molecular flexibility index (Phi) is 4.38. The van der Waals surface area contributed by atoms with Gasteiger partial charge in [0, 0.05) is 23.0 Å². The Morgan fingerprint density at radius 3 is 2.81 bits per heavy atom. The van der Waals surface area contributed by atoms with Crippen LogP contribution in [0.4, 0.5) is 0 Å². The van der Waals surface area contributed by atoms with Crippen LogP contribution in [0.2, 0.25) is 0 Å². The van der Waals surface area contributed by atoms with Crippen LogP contribution >= 0.6 is 11.3 Å². The van der Waals surface area contributed by atoms with E-state index >= 15 is 0 Å². The number of hydrogen-bond donors (Lipinski definition) is 1. The molecule has 16 heavy (non-hydrogen) atoms. The maximum absolute atomic E-state index is 10.2. The average Bonchev–Trinajstić information content (AvgIpc) is 2.79. The van der Waals surface area contributed by atoms with Crippen molar-refractivity contribution in [2.75, 3.05) is 13.2 Å². The molecule has 3 heteroatoms. The van der Waals surface area contributed by atoms with Crippen LogP contribution in [0.1, 0.15) is 42.0 Å². The second kappa shape index (κ2) is 5.80. The fourth-order valence-corrected chi connectivity index (χ4v) is 3.13. The van der Waals surface area contributed by atoms with E-state index in [1.54, 1.807) is 11.3 Å². The topological polar surface area (TPSA) is 29.5 Å². The molecule has 1 aromatic rings. The van der Waals surface area contributed by atoms with Gasteiger partial charge in [0.2, 0.25) is 0 Å². The summed E-state index contributed by atoms with van der Waals surface area (Å²) >= 11 is 1.75. The molecule has 90 valence electrons. The predicted octanol–water partition coefficient (Wildman–Crippen LogP) is 3.16. The zero-order valence-corrected chi connectivity index (χ0v) is 10.6. The summed E-state index contributed by atoms with van der Waals surface area (Å²) < 4.78 is 5.33. The Balaban J connectivity index is 1.88. The van der Waals surface area contributed by atoms with E-state index < -0.39 is 0 Å². The van der Waals surface area contributed by atoms with Gasteiger partial charge in [-0.25, -0.2) is 0 Å². The first kappa shape index (κ1) is 12.1. The van der Waals surface area contributed by atoms with Gasteiger partial charge in [-0.3, -0.25) is 0 Å². The first-order valence-electron chi connectivity index (χ1n) is 6.14.